The number of hydrogen-bond donors (Lipinski definition) is 2. The van der Waals surface area contributed by atoms with Crippen molar-refractivity contribution in [3.63, 3.8) is 0 Å². The van der Waals surface area contributed by atoms with E-state index in [-0.39, 0.29) is 17.9 Å². The van der Waals surface area contributed by atoms with E-state index in [1.54, 1.807) is 17.9 Å². The Labute approximate surface area is 178 Å². The second-order valence-corrected chi connectivity index (χ2v) is 9.27. The van der Waals surface area contributed by atoms with E-state index in [2.05, 4.69) is 10.6 Å². The van der Waals surface area contributed by atoms with Crippen LogP contribution in [0.3, 0.4) is 0 Å². The van der Waals surface area contributed by atoms with Crippen molar-refractivity contribution in [1.82, 2.24) is 10.6 Å². The van der Waals surface area contributed by atoms with E-state index in [0.29, 0.717) is 24.6 Å². The Morgan fingerprint density at radius 2 is 1.90 bits per heavy atom. The Balaban J connectivity index is 1.66. The Morgan fingerprint density at radius 3 is 2.53 bits per heavy atom. The molecule has 7 nitrogen and oxygen atoms in total. The summed E-state index contributed by atoms with van der Waals surface area (Å²) < 4.78 is 5.33. The fraction of sp³-hybridized carbons (Fsp3) is 0.609. The predicted octanol–water partition coefficient (Wildman–Crippen LogP) is 3.41. The standard InChI is InChI=1S/C23H33N3O4/c1-15(27)26-12-11-17-13-18(9-10-20(17)26)21(28)25-19(16-7-5-6-8-16)14-24-22(29)30-23(2,3)4/h9-10,13,16,19H,5-8,11-12,14H2,1-4H3,(H,24,29)(H,25,28). The molecule has 0 saturated heterocycles. The molecular formula is C23H33N3O4. The zero-order valence-corrected chi connectivity index (χ0v) is 18.4. The summed E-state index contributed by atoms with van der Waals surface area (Å²) in [6.45, 7) is 8.02. The van der Waals surface area contributed by atoms with Crippen molar-refractivity contribution in [3.05, 3.63) is 29.3 Å². The van der Waals surface area contributed by atoms with Gasteiger partial charge in [0.25, 0.3) is 5.91 Å². The molecule has 1 atom stereocenters. The smallest absolute Gasteiger partial charge is 0.407 e. The third kappa shape index (κ3) is 5.52. The lowest BCUT2D eigenvalue weighted by molar-refractivity contribution is -0.116. The molecule has 1 heterocycles. The molecular weight excluding hydrogens is 382 g/mol. The van der Waals surface area contributed by atoms with E-state index in [9.17, 15) is 14.4 Å². The number of carbonyl (C=O) groups excluding carboxylic acids is 3. The van der Waals surface area contributed by atoms with Gasteiger partial charge in [0, 0.05) is 37.3 Å². The number of anilines is 1. The molecule has 0 radical (unpaired) electrons. The molecule has 3 rings (SSSR count). The van der Waals surface area contributed by atoms with Crippen molar-refractivity contribution in [1.29, 1.82) is 0 Å². The van der Waals surface area contributed by atoms with Gasteiger partial charge in [0.05, 0.1) is 0 Å². The lowest BCUT2D eigenvalue weighted by Gasteiger charge is -2.26. The molecule has 1 aromatic rings. The SMILES string of the molecule is CC(=O)N1CCc2cc(C(=O)NC(CNC(=O)OC(C)(C)C)C3CCCC3)ccc21. The lowest BCUT2D eigenvalue weighted by Crippen LogP contribution is -2.48. The van der Waals surface area contributed by atoms with Crippen LogP contribution in [0, 0.1) is 5.92 Å². The Morgan fingerprint density at radius 1 is 1.20 bits per heavy atom. The van der Waals surface area contributed by atoms with Crippen LogP contribution in [0.15, 0.2) is 18.2 Å². The van der Waals surface area contributed by atoms with Gasteiger partial charge in [-0.05, 0) is 69.7 Å². The molecule has 0 aromatic heterocycles. The van der Waals surface area contributed by atoms with Gasteiger partial charge in [-0.25, -0.2) is 4.79 Å². The first-order chi connectivity index (χ1) is 14.1. The highest BCUT2D eigenvalue weighted by molar-refractivity contribution is 5.98. The molecule has 1 unspecified atom stereocenters. The number of ether oxygens (including phenoxy) is 1. The van der Waals surface area contributed by atoms with Gasteiger partial charge in [-0.3, -0.25) is 9.59 Å². The van der Waals surface area contributed by atoms with Gasteiger partial charge in [-0.1, -0.05) is 12.8 Å². The Hall–Kier alpha value is -2.57. The fourth-order valence-electron chi connectivity index (χ4n) is 4.32. The van der Waals surface area contributed by atoms with E-state index in [1.807, 2.05) is 32.9 Å². The third-order valence-corrected chi connectivity index (χ3v) is 5.77. The molecule has 1 fully saturated rings. The van der Waals surface area contributed by atoms with Crippen LogP contribution in [0.25, 0.3) is 0 Å². The molecule has 30 heavy (non-hydrogen) atoms. The number of amides is 3. The number of fused-ring (bicyclic) bond motifs is 1. The minimum atomic E-state index is -0.561. The molecule has 0 bridgehead atoms. The molecule has 2 aliphatic rings. The zero-order chi connectivity index (χ0) is 21.9. The minimum absolute atomic E-state index is 0.0143. The van der Waals surface area contributed by atoms with Crippen molar-refractivity contribution < 1.29 is 19.1 Å². The zero-order valence-electron chi connectivity index (χ0n) is 18.4. The minimum Gasteiger partial charge on any atom is -0.444 e. The second-order valence-electron chi connectivity index (χ2n) is 9.27. The highest BCUT2D eigenvalue weighted by atomic mass is 16.6. The average Bonchev–Trinajstić information content (AvgIpc) is 3.32. The fourth-order valence-corrected chi connectivity index (χ4v) is 4.32. The summed E-state index contributed by atoms with van der Waals surface area (Å²) in [6, 6.07) is 5.35. The van der Waals surface area contributed by atoms with Crippen LogP contribution >= 0.6 is 0 Å². The Kier molecular flexibility index (Phi) is 6.68. The van der Waals surface area contributed by atoms with Crippen LogP contribution < -0.4 is 15.5 Å². The van der Waals surface area contributed by atoms with Gasteiger partial charge in [-0.2, -0.15) is 0 Å². The summed E-state index contributed by atoms with van der Waals surface area (Å²) in [4.78, 5) is 38.5. The average molecular weight is 416 g/mol. The van der Waals surface area contributed by atoms with E-state index in [1.165, 1.54) is 0 Å². The summed E-state index contributed by atoms with van der Waals surface area (Å²) in [7, 11) is 0. The predicted molar refractivity (Wildman–Crippen MR) is 116 cm³/mol. The summed E-state index contributed by atoms with van der Waals surface area (Å²) >= 11 is 0. The first kappa shape index (κ1) is 22.1. The van der Waals surface area contributed by atoms with Crippen molar-refractivity contribution in [2.45, 2.75) is 71.4 Å². The van der Waals surface area contributed by atoms with Crippen LogP contribution in [0.5, 0.6) is 0 Å². The summed E-state index contributed by atoms with van der Waals surface area (Å²) in [5, 5.41) is 5.94. The van der Waals surface area contributed by atoms with Gasteiger partial charge >= 0.3 is 6.09 Å². The van der Waals surface area contributed by atoms with Gasteiger partial charge in [0.1, 0.15) is 5.60 Å². The second kappa shape index (κ2) is 9.06. The topological polar surface area (TPSA) is 87.7 Å². The van der Waals surface area contributed by atoms with E-state index in [0.717, 1.165) is 43.4 Å². The molecule has 3 amide bonds. The number of benzene rings is 1. The first-order valence-electron chi connectivity index (χ1n) is 10.8. The molecule has 7 heteroatoms. The molecule has 1 aromatic carbocycles. The molecule has 0 spiro atoms. The number of nitrogens with zero attached hydrogens (tertiary/aromatic N) is 1. The number of carbonyl (C=O) groups is 3. The summed E-state index contributed by atoms with van der Waals surface area (Å²) in [5.74, 6) is 0.203. The number of nitrogens with one attached hydrogen (secondary N) is 2. The van der Waals surface area contributed by atoms with Crippen LogP contribution in [0.1, 0.15) is 69.3 Å². The number of rotatable bonds is 5. The van der Waals surface area contributed by atoms with Gasteiger partial charge in [0.2, 0.25) is 5.91 Å². The van der Waals surface area contributed by atoms with Crippen molar-refractivity contribution >= 4 is 23.6 Å². The van der Waals surface area contributed by atoms with Crippen molar-refractivity contribution in [2.24, 2.45) is 5.92 Å². The van der Waals surface area contributed by atoms with Crippen molar-refractivity contribution in [2.75, 3.05) is 18.0 Å². The molecule has 2 N–H and O–H groups in total. The molecule has 164 valence electrons. The van der Waals surface area contributed by atoms with E-state index < -0.39 is 11.7 Å². The maximum atomic E-state index is 13.0. The Bertz CT molecular complexity index is 809. The van der Waals surface area contributed by atoms with Crippen LogP contribution in [-0.2, 0) is 16.0 Å². The van der Waals surface area contributed by atoms with Gasteiger partial charge < -0.3 is 20.3 Å². The highest BCUT2D eigenvalue weighted by Crippen LogP contribution is 2.30. The monoisotopic (exact) mass is 415 g/mol. The lowest BCUT2D eigenvalue weighted by atomic mass is 9.97. The van der Waals surface area contributed by atoms with E-state index >= 15 is 0 Å². The van der Waals surface area contributed by atoms with Gasteiger partial charge in [-0.15, -0.1) is 0 Å². The number of alkyl carbamates (subject to hydrolysis) is 1. The number of hydrogen-bond acceptors (Lipinski definition) is 4. The summed E-state index contributed by atoms with van der Waals surface area (Å²) in [5.41, 5.74) is 1.92. The molecule has 1 saturated carbocycles. The highest BCUT2D eigenvalue weighted by Gasteiger charge is 2.29. The maximum Gasteiger partial charge on any atom is 0.407 e. The van der Waals surface area contributed by atoms with Crippen LogP contribution in [-0.4, -0.2) is 42.6 Å². The van der Waals surface area contributed by atoms with E-state index in [4.69, 9.17) is 4.74 Å². The van der Waals surface area contributed by atoms with Crippen LogP contribution in [0.2, 0.25) is 0 Å². The maximum absolute atomic E-state index is 13.0. The molecule has 1 aliphatic heterocycles. The largest absolute Gasteiger partial charge is 0.444 e. The normalized spacial score (nSPS) is 17.4. The van der Waals surface area contributed by atoms with Crippen LogP contribution in [0.4, 0.5) is 10.5 Å². The quantitative estimate of drug-likeness (QED) is 0.771. The summed E-state index contributed by atoms with van der Waals surface area (Å²) in [6.07, 6.45) is 4.65. The first-order valence-corrected chi connectivity index (χ1v) is 10.8. The third-order valence-electron chi connectivity index (χ3n) is 5.77. The van der Waals surface area contributed by atoms with Gasteiger partial charge in [0.15, 0.2) is 0 Å². The van der Waals surface area contributed by atoms with Crippen molar-refractivity contribution in [3.8, 4) is 0 Å². The molecule has 1 aliphatic carbocycles.